The number of benzene rings is 2. The Hall–Kier alpha value is -2.44. The third-order valence-electron chi connectivity index (χ3n) is 3.99. The summed E-state index contributed by atoms with van der Waals surface area (Å²) in [6, 6.07) is 12.1. The monoisotopic (exact) mass is 362 g/mol. The largest absolute Gasteiger partial charge is 0.465 e. The van der Waals surface area contributed by atoms with Crippen molar-refractivity contribution in [1.29, 1.82) is 0 Å². The second-order valence-corrected chi connectivity index (χ2v) is 6.37. The highest BCUT2D eigenvalue weighted by Crippen LogP contribution is 2.32. The maximum Gasteiger partial charge on any atom is 0.410 e. The van der Waals surface area contributed by atoms with Crippen molar-refractivity contribution >= 4 is 23.5 Å². The summed E-state index contributed by atoms with van der Waals surface area (Å²) in [6.07, 6.45) is -1.18. The van der Waals surface area contributed by atoms with Gasteiger partial charge in [0.1, 0.15) is 23.8 Å². The first-order chi connectivity index (χ1) is 11.9. The lowest BCUT2D eigenvalue weighted by atomic mass is 9.90. The van der Waals surface area contributed by atoms with Crippen LogP contribution in [0.4, 0.5) is 9.18 Å². The lowest BCUT2D eigenvalue weighted by Crippen LogP contribution is -2.42. The number of aliphatic imine (C=N–C) groups is 1. The van der Waals surface area contributed by atoms with Gasteiger partial charge in [0, 0.05) is 0 Å². The first kappa shape index (κ1) is 17.4. The Kier molecular flexibility index (Phi) is 4.74. The average Bonchev–Trinajstić information content (AvgIpc) is 2.57. The van der Waals surface area contributed by atoms with Gasteiger partial charge < -0.3 is 9.84 Å². The molecule has 1 unspecified atom stereocenters. The van der Waals surface area contributed by atoms with Crippen molar-refractivity contribution in [2.45, 2.75) is 12.5 Å². The molecule has 2 aromatic carbocycles. The fourth-order valence-electron chi connectivity index (χ4n) is 2.75. The maximum atomic E-state index is 13.4. The smallest absolute Gasteiger partial charge is 0.410 e. The molecule has 7 heteroatoms. The SMILES string of the molecule is CC1(c2cccc(-c3ccc(F)c(Cl)c3)c2)COCC(NC(=O)O)=N1. The molecule has 1 heterocycles. The van der Waals surface area contributed by atoms with E-state index in [1.807, 2.05) is 31.2 Å². The van der Waals surface area contributed by atoms with Crippen LogP contribution in [0, 0.1) is 5.82 Å². The van der Waals surface area contributed by atoms with E-state index in [0.717, 1.165) is 16.7 Å². The fourth-order valence-corrected chi connectivity index (χ4v) is 2.93. The molecule has 1 amide bonds. The van der Waals surface area contributed by atoms with Crippen molar-refractivity contribution < 1.29 is 19.0 Å². The van der Waals surface area contributed by atoms with Gasteiger partial charge in [-0.15, -0.1) is 0 Å². The number of amides is 1. The molecular formula is C18H16ClFN2O3. The van der Waals surface area contributed by atoms with Gasteiger partial charge in [-0.25, -0.2) is 9.18 Å². The number of nitrogens with one attached hydrogen (secondary N) is 1. The molecule has 0 radical (unpaired) electrons. The number of nitrogens with zero attached hydrogens (tertiary/aromatic N) is 1. The van der Waals surface area contributed by atoms with Gasteiger partial charge in [-0.05, 0) is 41.8 Å². The van der Waals surface area contributed by atoms with Crippen LogP contribution in [0.2, 0.25) is 5.02 Å². The fraction of sp³-hybridized carbons (Fsp3) is 0.222. The van der Waals surface area contributed by atoms with Crippen LogP contribution in [-0.4, -0.2) is 30.2 Å². The normalized spacial score (nSPS) is 20.0. The van der Waals surface area contributed by atoms with Gasteiger partial charge in [0.2, 0.25) is 0 Å². The first-order valence-corrected chi connectivity index (χ1v) is 7.97. The van der Waals surface area contributed by atoms with Gasteiger partial charge in [-0.3, -0.25) is 10.3 Å². The van der Waals surface area contributed by atoms with Crippen molar-refractivity contribution in [3.63, 3.8) is 0 Å². The van der Waals surface area contributed by atoms with Crippen molar-refractivity contribution in [3.8, 4) is 11.1 Å². The summed E-state index contributed by atoms with van der Waals surface area (Å²) < 4.78 is 18.9. The zero-order valence-corrected chi connectivity index (χ0v) is 14.2. The molecule has 0 fully saturated rings. The molecule has 130 valence electrons. The van der Waals surface area contributed by atoms with Crippen molar-refractivity contribution in [2.24, 2.45) is 4.99 Å². The predicted molar refractivity (Wildman–Crippen MR) is 93.6 cm³/mol. The molecule has 5 nitrogen and oxygen atoms in total. The third kappa shape index (κ3) is 3.81. The van der Waals surface area contributed by atoms with E-state index in [1.165, 1.54) is 6.07 Å². The molecule has 0 spiro atoms. The van der Waals surface area contributed by atoms with Gasteiger partial charge in [-0.2, -0.15) is 0 Å². The van der Waals surface area contributed by atoms with Crippen LogP contribution in [0.15, 0.2) is 47.5 Å². The Morgan fingerprint density at radius 1 is 1.32 bits per heavy atom. The first-order valence-electron chi connectivity index (χ1n) is 7.60. The zero-order valence-electron chi connectivity index (χ0n) is 13.4. The Bertz CT molecular complexity index is 856. The maximum absolute atomic E-state index is 13.4. The number of carbonyl (C=O) groups is 1. The van der Waals surface area contributed by atoms with Crippen molar-refractivity contribution in [1.82, 2.24) is 5.32 Å². The summed E-state index contributed by atoms with van der Waals surface area (Å²) in [5, 5.41) is 11.2. The van der Waals surface area contributed by atoms with E-state index in [2.05, 4.69) is 10.3 Å². The molecule has 1 aliphatic rings. The highest BCUT2D eigenvalue weighted by Gasteiger charge is 2.31. The molecule has 25 heavy (non-hydrogen) atoms. The summed E-state index contributed by atoms with van der Waals surface area (Å²) in [7, 11) is 0. The van der Waals surface area contributed by atoms with E-state index in [9.17, 15) is 9.18 Å². The number of hydrogen-bond donors (Lipinski definition) is 2. The zero-order chi connectivity index (χ0) is 18.0. The standard InChI is InChI=1S/C18H16ClFN2O3/c1-18(10-25-9-16(22-18)21-17(23)24)13-4-2-3-11(7-13)12-5-6-15(20)14(19)8-12/h2-8H,9-10H2,1H3,(H,21,22)(H,23,24). The molecular weight excluding hydrogens is 347 g/mol. The number of amidine groups is 1. The molecule has 2 aromatic rings. The van der Waals surface area contributed by atoms with E-state index >= 15 is 0 Å². The van der Waals surface area contributed by atoms with Crippen LogP contribution in [0.5, 0.6) is 0 Å². The number of ether oxygens (including phenoxy) is 1. The Morgan fingerprint density at radius 2 is 2.08 bits per heavy atom. The van der Waals surface area contributed by atoms with Gasteiger partial charge in [0.05, 0.1) is 11.6 Å². The Labute approximate surface area is 149 Å². The third-order valence-corrected chi connectivity index (χ3v) is 4.28. The molecule has 0 saturated heterocycles. The topological polar surface area (TPSA) is 70.9 Å². The highest BCUT2D eigenvalue weighted by molar-refractivity contribution is 6.31. The summed E-state index contributed by atoms with van der Waals surface area (Å²) in [4.78, 5) is 15.3. The number of rotatable bonds is 2. The van der Waals surface area contributed by atoms with Gasteiger partial charge in [0.15, 0.2) is 0 Å². The minimum absolute atomic E-state index is 0.0566. The highest BCUT2D eigenvalue weighted by atomic mass is 35.5. The van der Waals surface area contributed by atoms with Crippen LogP contribution in [-0.2, 0) is 10.3 Å². The number of carboxylic acid groups (broad SMARTS) is 1. The van der Waals surface area contributed by atoms with Crippen LogP contribution in [0.1, 0.15) is 12.5 Å². The van der Waals surface area contributed by atoms with Crippen LogP contribution in [0.3, 0.4) is 0 Å². The summed E-state index contributed by atoms with van der Waals surface area (Å²) in [5.41, 5.74) is 1.76. The molecule has 2 N–H and O–H groups in total. The van der Waals surface area contributed by atoms with Crippen LogP contribution >= 0.6 is 11.6 Å². The minimum Gasteiger partial charge on any atom is -0.465 e. The molecule has 0 bridgehead atoms. The van der Waals surface area contributed by atoms with Gasteiger partial charge in [0.25, 0.3) is 0 Å². The van der Waals surface area contributed by atoms with E-state index in [4.69, 9.17) is 21.4 Å². The summed E-state index contributed by atoms with van der Waals surface area (Å²) >= 11 is 5.87. The lowest BCUT2D eigenvalue weighted by Gasteiger charge is -2.31. The number of halogens is 2. The number of hydrogen-bond acceptors (Lipinski definition) is 3. The quantitative estimate of drug-likeness (QED) is 0.846. The molecule has 1 atom stereocenters. The lowest BCUT2D eigenvalue weighted by molar-refractivity contribution is 0.104. The molecule has 3 rings (SSSR count). The molecule has 1 aliphatic heterocycles. The van der Waals surface area contributed by atoms with E-state index in [-0.39, 0.29) is 17.5 Å². The second kappa shape index (κ2) is 6.82. The van der Waals surface area contributed by atoms with Crippen molar-refractivity contribution in [3.05, 3.63) is 58.9 Å². The second-order valence-electron chi connectivity index (χ2n) is 5.96. The van der Waals surface area contributed by atoms with E-state index in [1.54, 1.807) is 12.1 Å². The van der Waals surface area contributed by atoms with Crippen LogP contribution < -0.4 is 5.32 Å². The van der Waals surface area contributed by atoms with E-state index < -0.39 is 17.4 Å². The van der Waals surface area contributed by atoms with E-state index in [0.29, 0.717) is 6.61 Å². The van der Waals surface area contributed by atoms with Gasteiger partial charge >= 0.3 is 6.09 Å². The average molecular weight is 363 g/mol. The van der Waals surface area contributed by atoms with Gasteiger partial charge in [-0.1, -0.05) is 35.9 Å². The molecule has 0 aromatic heterocycles. The van der Waals surface area contributed by atoms with Crippen molar-refractivity contribution in [2.75, 3.05) is 13.2 Å². The Balaban J connectivity index is 1.97. The predicted octanol–water partition coefficient (Wildman–Crippen LogP) is 4.06. The summed E-state index contributed by atoms with van der Waals surface area (Å²) in [6.45, 7) is 2.31. The Morgan fingerprint density at radius 3 is 2.80 bits per heavy atom. The molecule has 0 saturated carbocycles. The summed E-state index contributed by atoms with van der Waals surface area (Å²) in [5.74, 6) is -0.209. The molecule has 0 aliphatic carbocycles. The minimum atomic E-state index is -1.18. The van der Waals surface area contributed by atoms with Crippen LogP contribution in [0.25, 0.3) is 11.1 Å².